The molecule has 0 fully saturated rings. The molecular formula is C8H21NO2Si. The molecule has 0 unspecified atom stereocenters. The van der Waals surface area contributed by atoms with Gasteiger partial charge in [-0.25, -0.2) is 0 Å². The predicted molar refractivity (Wildman–Crippen MR) is 53.6 cm³/mol. The van der Waals surface area contributed by atoms with Crippen molar-refractivity contribution in [3.8, 4) is 0 Å². The lowest BCUT2D eigenvalue weighted by molar-refractivity contribution is 0.248. The summed E-state index contributed by atoms with van der Waals surface area (Å²) in [6.45, 7) is 3.18. The van der Waals surface area contributed by atoms with E-state index in [0.717, 1.165) is 12.6 Å². The average Bonchev–Trinajstić information content (AvgIpc) is 2.12. The molecule has 0 rings (SSSR count). The van der Waals surface area contributed by atoms with E-state index in [9.17, 15) is 0 Å². The van der Waals surface area contributed by atoms with E-state index in [1.165, 1.54) is 12.8 Å². The molecule has 0 aliphatic heterocycles. The van der Waals surface area contributed by atoms with Crippen molar-refractivity contribution in [2.24, 2.45) is 0 Å². The third kappa shape index (κ3) is 4.87. The van der Waals surface area contributed by atoms with E-state index in [4.69, 9.17) is 8.85 Å². The van der Waals surface area contributed by atoms with Gasteiger partial charge in [-0.05, 0) is 32.6 Å². The van der Waals surface area contributed by atoms with Crippen molar-refractivity contribution < 1.29 is 8.85 Å². The van der Waals surface area contributed by atoms with Crippen LogP contribution in [-0.4, -0.2) is 36.4 Å². The van der Waals surface area contributed by atoms with Crippen LogP contribution in [0.2, 0.25) is 12.6 Å². The Bertz CT molecular complexity index is 107. The van der Waals surface area contributed by atoms with Crippen LogP contribution in [0.1, 0.15) is 12.8 Å². The maximum Gasteiger partial charge on any atom is 0.334 e. The van der Waals surface area contributed by atoms with E-state index in [2.05, 4.69) is 11.9 Å². The quantitative estimate of drug-likeness (QED) is 0.487. The second kappa shape index (κ2) is 6.60. The Labute approximate surface area is 76.7 Å². The fourth-order valence-electron chi connectivity index (χ4n) is 1.04. The lowest BCUT2D eigenvalue weighted by atomic mass is 10.3. The smallest absolute Gasteiger partial charge is 0.334 e. The Morgan fingerprint density at radius 3 is 2.17 bits per heavy atom. The van der Waals surface area contributed by atoms with Crippen molar-refractivity contribution in [3.63, 3.8) is 0 Å². The number of hydrogen-bond acceptors (Lipinski definition) is 3. The maximum absolute atomic E-state index is 5.36. The number of rotatable bonds is 7. The zero-order valence-corrected chi connectivity index (χ0v) is 9.64. The van der Waals surface area contributed by atoms with E-state index < -0.39 is 8.56 Å². The highest BCUT2D eigenvalue weighted by Crippen LogP contribution is 2.14. The summed E-state index contributed by atoms with van der Waals surface area (Å²) in [6, 6.07) is 1.08. The molecule has 3 nitrogen and oxygen atoms in total. The van der Waals surface area contributed by atoms with Gasteiger partial charge in [-0.15, -0.1) is 0 Å². The first-order valence-electron chi connectivity index (χ1n) is 4.43. The highest BCUT2D eigenvalue weighted by atomic mass is 28.4. The zero-order chi connectivity index (χ0) is 9.45. The summed E-state index contributed by atoms with van der Waals surface area (Å²) < 4.78 is 10.7. The number of unbranched alkanes of at least 4 members (excludes halogenated alkanes) is 1. The number of hydrogen-bond donors (Lipinski definition) is 1. The fourth-order valence-corrected chi connectivity index (χ4v) is 2.50. The molecule has 0 aliphatic carbocycles. The molecule has 1 N–H and O–H groups in total. The Kier molecular flexibility index (Phi) is 6.65. The van der Waals surface area contributed by atoms with Crippen LogP contribution in [0.4, 0.5) is 0 Å². The lowest BCUT2D eigenvalue weighted by Gasteiger charge is -2.22. The van der Waals surface area contributed by atoms with Gasteiger partial charge in [0.1, 0.15) is 0 Å². The minimum Gasteiger partial charge on any atom is -0.398 e. The van der Waals surface area contributed by atoms with Crippen LogP contribution in [-0.2, 0) is 8.85 Å². The summed E-state index contributed by atoms with van der Waals surface area (Å²) in [5, 5.41) is 3.12. The summed E-state index contributed by atoms with van der Waals surface area (Å²) in [5.74, 6) is 0. The minimum atomic E-state index is -1.78. The van der Waals surface area contributed by atoms with Crippen LogP contribution in [0.5, 0.6) is 0 Å². The Hall–Kier alpha value is 0.0969. The topological polar surface area (TPSA) is 30.5 Å². The molecule has 4 heteroatoms. The van der Waals surface area contributed by atoms with Crippen molar-refractivity contribution in [3.05, 3.63) is 0 Å². The van der Waals surface area contributed by atoms with Gasteiger partial charge in [-0.1, -0.05) is 6.42 Å². The van der Waals surface area contributed by atoms with Crippen molar-refractivity contribution in [1.82, 2.24) is 5.32 Å². The maximum atomic E-state index is 5.36. The Morgan fingerprint density at radius 1 is 1.17 bits per heavy atom. The molecule has 0 radical (unpaired) electrons. The van der Waals surface area contributed by atoms with E-state index in [-0.39, 0.29) is 0 Å². The van der Waals surface area contributed by atoms with Gasteiger partial charge in [0.15, 0.2) is 0 Å². The van der Waals surface area contributed by atoms with Gasteiger partial charge >= 0.3 is 8.56 Å². The van der Waals surface area contributed by atoms with Crippen molar-refractivity contribution in [2.75, 3.05) is 27.8 Å². The molecule has 0 amide bonds. The largest absolute Gasteiger partial charge is 0.398 e. The first kappa shape index (κ1) is 12.1. The average molecular weight is 191 g/mol. The van der Waals surface area contributed by atoms with Crippen LogP contribution in [0.25, 0.3) is 0 Å². The first-order chi connectivity index (χ1) is 5.68. The zero-order valence-electron chi connectivity index (χ0n) is 8.64. The van der Waals surface area contributed by atoms with Crippen molar-refractivity contribution in [1.29, 1.82) is 0 Å². The van der Waals surface area contributed by atoms with Gasteiger partial charge in [-0.2, -0.15) is 0 Å². The summed E-state index contributed by atoms with van der Waals surface area (Å²) in [5.41, 5.74) is 0. The summed E-state index contributed by atoms with van der Waals surface area (Å²) >= 11 is 0. The van der Waals surface area contributed by atoms with Crippen molar-refractivity contribution >= 4 is 8.56 Å². The molecule has 0 atom stereocenters. The molecule has 0 aromatic heterocycles. The molecule has 0 saturated carbocycles. The second-order valence-corrected chi connectivity index (χ2v) is 6.69. The van der Waals surface area contributed by atoms with Crippen LogP contribution >= 0.6 is 0 Å². The molecule has 12 heavy (non-hydrogen) atoms. The molecule has 0 aromatic rings. The van der Waals surface area contributed by atoms with E-state index in [1.807, 2.05) is 7.05 Å². The molecule has 0 aliphatic rings. The van der Waals surface area contributed by atoms with Gasteiger partial charge in [0.25, 0.3) is 0 Å². The first-order valence-corrected chi connectivity index (χ1v) is 6.96. The predicted octanol–water partition coefficient (Wildman–Crippen LogP) is 1.35. The van der Waals surface area contributed by atoms with Gasteiger partial charge in [0.2, 0.25) is 0 Å². The van der Waals surface area contributed by atoms with Crippen LogP contribution in [0, 0.1) is 0 Å². The molecule has 74 valence electrons. The summed E-state index contributed by atoms with van der Waals surface area (Å²) in [6.07, 6.45) is 2.39. The molecule has 0 saturated heterocycles. The van der Waals surface area contributed by atoms with Crippen LogP contribution in [0.15, 0.2) is 0 Å². The Morgan fingerprint density at radius 2 is 1.75 bits per heavy atom. The van der Waals surface area contributed by atoms with Gasteiger partial charge in [0.05, 0.1) is 0 Å². The molecule has 0 bridgehead atoms. The van der Waals surface area contributed by atoms with Crippen LogP contribution in [0.3, 0.4) is 0 Å². The van der Waals surface area contributed by atoms with Gasteiger partial charge in [0, 0.05) is 14.2 Å². The lowest BCUT2D eigenvalue weighted by Crippen LogP contribution is -2.35. The van der Waals surface area contributed by atoms with Crippen LogP contribution < -0.4 is 5.32 Å². The van der Waals surface area contributed by atoms with Crippen molar-refractivity contribution in [2.45, 2.75) is 25.4 Å². The highest BCUT2D eigenvalue weighted by molar-refractivity contribution is 6.65. The van der Waals surface area contributed by atoms with E-state index in [0.29, 0.717) is 0 Å². The minimum absolute atomic E-state index is 1.08. The van der Waals surface area contributed by atoms with E-state index in [1.54, 1.807) is 14.2 Å². The van der Waals surface area contributed by atoms with Gasteiger partial charge < -0.3 is 14.2 Å². The Balaban J connectivity index is 3.45. The second-order valence-electron chi connectivity index (χ2n) is 3.10. The molecule has 0 heterocycles. The van der Waals surface area contributed by atoms with E-state index >= 15 is 0 Å². The highest BCUT2D eigenvalue weighted by Gasteiger charge is 2.27. The third-order valence-electron chi connectivity index (χ3n) is 2.17. The summed E-state index contributed by atoms with van der Waals surface area (Å²) in [7, 11) is 3.69. The SMILES string of the molecule is CNCCCC[Si](C)(OC)OC. The summed E-state index contributed by atoms with van der Waals surface area (Å²) in [4.78, 5) is 0. The molecular weight excluding hydrogens is 170 g/mol. The third-order valence-corrected chi connectivity index (χ3v) is 5.16. The van der Waals surface area contributed by atoms with Gasteiger partial charge in [-0.3, -0.25) is 0 Å². The monoisotopic (exact) mass is 191 g/mol. The fraction of sp³-hybridized carbons (Fsp3) is 1.00. The normalized spacial score (nSPS) is 12.0. The standard InChI is InChI=1S/C8H21NO2Si/c1-9-7-5-6-8-12(4,10-2)11-3/h9H,5-8H2,1-4H3. The molecule has 0 spiro atoms. The molecule has 0 aromatic carbocycles. The number of nitrogens with one attached hydrogen (secondary N) is 1.